The van der Waals surface area contributed by atoms with E-state index in [9.17, 15) is 4.79 Å². The molecule has 0 unspecified atom stereocenters. The van der Waals surface area contributed by atoms with E-state index in [1.807, 2.05) is 6.07 Å². The first-order valence-corrected chi connectivity index (χ1v) is 9.20. The zero-order chi connectivity index (χ0) is 16.5. The Morgan fingerprint density at radius 3 is 2.75 bits per heavy atom. The van der Waals surface area contributed by atoms with Crippen LogP contribution in [0.2, 0.25) is 0 Å². The van der Waals surface area contributed by atoms with Gasteiger partial charge < -0.3 is 0 Å². The topological polar surface area (TPSA) is 50.5 Å². The Hall–Kier alpha value is -2.05. The van der Waals surface area contributed by atoms with Gasteiger partial charge in [0.25, 0.3) is 5.56 Å². The molecule has 1 fully saturated rings. The lowest BCUT2D eigenvalue weighted by atomic mass is 10.2. The minimum atomic E-state index is -0.0751. The van der Waals surface area contributed by atoms with Crippen molar-refractivity contribution in [1.82, 2.24) is 19.5 Å². The van der Waals surface area contributed by atoms with E-state index in [0.717, 1.165) is 28.8 Å². The molecule has 1 aliphatic carbocycles. The van der Waals surface area contributed by atoms with Crippen molar-refractivity contribution in [3.05, 3.63) is 63.0 Å². The van der Waals surface area contributed by atoms with Gasteiger partial charge in [-0.25, -0.2) is 4.98 Å². The Kier molecular flexibility index (Phi) is 4.16. The average molecular weight is 340 g/mol. The van der Waals surface area contributed by atoms with Gasteiger partial charge >= 0.3 is 0 Å². The van der Waals surface area contributed by atoms with E-state index in [4.69, 9.17) is 0 Å². The van der Waals surface area contributed by atoms with E-state index in [0.29, 0.717) is 12.5 Å². The molecule has 0 radical (unpaired) electrons. The second kappa shape index (κ2) is 6.45. The summed E-state index contributed by atoms with van der Waals surface area (Å²) < 4.78 is 1.45. The second-order valence-corrected chi connectivity index (χ2v) is 7.27. The van der Waals surface area contributed by atoms with Crippen molar-refractivity contribution in [3.8, 4) is 0 Å². The molecule has 0 amide bonds. The maximum Gasteiger partial charge on any atom is 0.275 e. The van der Waals surface area contributed by atoms with Crippen molar-refractivity contribution in [1.29, 1.82) is 0 Å². The fraction of sp³-hybridized carbons (Fsp3) is 0.389. The molecule has 4 rings (SSSR count). The molecule has 1 aromatic carbocycles. The van der Waals surface area contributed by atoms with Gasteiger partial charge in [0.2, 0.25) is 4.96 Å². The normalized spacial score (nSPS) is 14.6. The summed E-state index contributed by atoms with van der Waals surface area (Å²) >= 11 is 1.56. The van der Waals surface area contributed by atoms with E-state index in [1.54, 1.807) is 17.4 Å². The van der Waals surface area contributed by atoms with Crippen LogP contribution in [0.5, 0.6) is 0 Å². The highest BCUT2D eigenvalue weighted by molar-refractivity contribution is 7.16. The molecule has 0 N–H and O–H groups in total. The predicted octanol–water partition coefficient (Wildman–Crippen LogP) is 3.05. The van der Waals surface area contributed by atoms with Gasteiger partial charge in [0.1, 0.15) is 5.01 Å². The van der Waals surface area contributed by atoms with Crippen molar-refractivity contribution < 1.29 is 0 Å². The molecule has 0 bridgehead atoms. The number of hydrogen-bond acceptors (Lipinski definition) is 5. The minimum Gasteiger partial charge on any atom is -0.294 e. The number of fused-ring (bicyclic) bond motifs is 1. The van der Waals surface area contributed by atoms with Gasteiger partial charge in [-0.1, -0.05) is 48.6 Å². The van der Waals surface area contributed by atoms with Crippen molar-refractivity contribution in [2.45, 2.75) is 38.8 Å². The maximum absolute atomic E-state index is 12.3. The first kappa shape index (κ1) is 15.5. The Morgan fingerprint density at radius 1 is 1.25 bits per heavy atom. The van der Waals surface area contributed by atoms with Crippen LogP contribution in [0.15, 0.2) is 41.2 Å². The van der Waals surface area contributed by atoms with Gasteiger partial charge in [-0.2, -0.15) is 9.61 Å². The van der Waals surface area contributed by atoms with Crippen LogP contribution in [0, 0.1) is 0 Å². The molecule has 2 heterocycles. The highest BCUT2D eigenvalue weighted by Crippen LogP contribution is 2.41. The van der Waals surface area contributed by atoms with Crippen LogP contribution in [0.4, 0.5) is 0 Å². The fourth-order valence-electron chi connectivity index (χ4n) is 2.80. The SMILES string of the molecule is CCN(Cc1ccccc1)Cc1cc(=O)n2nc(C3CC3)sc2n1. The standard InChI is InChI=1S/C18H20N4OS/c1-2-21(11-13-6-4-3-5-7-13)12-15-10-16(23)22-18(19-15)24-17(20-22)14-8-9-14/h3-7,10,14H,2,8-9,11-12H2,1H3. The summed E-state index contributed by atoms with van der Waals surface area (Å²) in [7, 11) is 0. The quantitative estimate of drug-likeness (QED) is 0.692. The van der Waals surface area contributed by atoms with Gasteiger partial charge in [-0.05, 0) is 24.9 Å². The Labute approximate surface area is 144 Å². The van der Waals surface area contributed by atoms with Crippen molar-refractivity contribution in [2.75, 3.05) is 6.54 Å². The molecule has 3 aromatic rings. The lowest BCUT2D eigenvalue weighted by Gasteiger charge is -2.19. The summed E-state index contributed by atoms with van der Waals surface area (Å²) in [5.74, 6) is 0.546. The van der Waals surface area contributed by atoms with Gasteiger partial charge in [0, 0.05) is 25.1 Å². The van der Waals surface area contributed by atoms with Crippen LogP contribution in [0.1, 0.15) is 41.9 Å². The molecule has 1 saturated carbocycles. The lowest BCUT2D eigenvalue weighted by Crippen LogP contribution is -2.25. The van der Waals surface area contributed by atoms with Crippen LogP contribution >= 0.6 is 11.3 Å². The largest absolute Gasteiger partial charge is 0.294 e. The first-order valence-electron chi connectivity index (χ1n) is 8.39. The molecule has 0 spiro atoms. The lowest BCUT2D eigenvalue weighted by molar-refractivity contribution is 0.268. The molecule has 5 nitrogen and oxygen atoms in total. The molecule has 124 valence electrons. The van der Waals surface area contributed by atoms with Gasteiger partial charge in [-0.3, -0.25) is 9.69 Å². The molecular formula is C18H20N4OS. The maximum atomic E-state index is 12.3. The number of nitrogens with zero attached hydrogens (tertiary/aromatic N) is 4. The van der Waals surface area contributed by atoms with Gasteiger partial charge in [-0.15, -0.1) is 0 Å². The minimum absolute atomic E-state index is 0.0751. The Bertz CT molecular complexity index is 898. The third-order valence-corrected chi connectivity index (χ3v) is 5.39. The molecule has 0 aliphatic heterocycles. The Morgan fingerprint density at radius 2 is 2.04 bits per heavy atom. The summed E-state index contributed by atoms with van der Waals surface area (Å²) in [6.45, 7) is 4.57. The molecular weight excluding hydrogens is 320 g/mol. The highest BCUT2D eigenvalue weighted by atomic mass is 32.1. The van der Waals surface area contributed by atoms with Crippen molar-refractivity contribution in [2.24, 2.45) is 0 Å². The van der Waals surface area contributed by atoms with Crippen molar-refractivity contribution >= 4 is 16.3 Å². The third-order valence-electron chi connectivity index (χ3n) is 4.32. The number of rotatable bonds is 6. The van der Waals surface area contributed by atoms with Crippen molar-refractivity contribution in [3.63, 3.8) is 0 Å². The van der Waals surface area contributed by atoms with Gasteiger partial charge in [0.05, 0.1) is 5.69 Å². The van der Waals surface area contributed by atoms with E-state index < -0.39 is 0 Å². The summed E-state index contributed by atoms with van der Waals surface area (Å²) in [6.07, 6.45) is 2.37. The van der Waals surface area contributed by atoms with Crippen LogP contribution < -0.4 is 5.56 Å². The summed E-state index contributed by atoms with van der Waals surface area (Å²) in [5.41, 5.74) is 2.02. The molecule has 24 heavy (non-hydrogen) atoms. The van der Waals surface area contributed by atoms with E-state index in [-0.39, 0.29) is 5.56 Å². The zero-order valence-corrected chi connectivity index (χ0v) is 14.5. The molecule has 1 aliphatic rings. The van der Waals surface area contributed by atoms with Crippen LogP contribution in [0.25, 0.3) is 4.96 Å². The van der Waals surface area contributed by atoms with Crippen LogP contribution in [-0.4, -0.2) is 26.0 Å². The number of benzene rings is 1. The summed E-state index contributed by atoms with van der Waals surface area (Å²) in [4.78, 5) is 20.0. The second-order valence-electron chi connectivity index (χ2n) is 6.28. The average Bonchev–Trinajstić information content (AvgIpc) is 3.35. The number of aromatic nitrogens is 3. The van der Waals surface area contributed by atoms with E-state index in [2.05, 4.69) is 46.2 Å². The van der Waals surface area contributed by atoms with E-state index in [1.165, 1.54) is 22.9 Å². The Balaban J connectivity index is 1.57. The number of hydrogen-bond donors (Lipinski definition) is 0. The molecule has 2 aromatic heterocycles. The zero-order valence-electron chi connectivity index (χ0n) is 13.7. The van der Waals surface area contributed by atoms with Gasteiger partial charge in [0.15, 0.2) is 0 Å². The summed E-state index contributed by atoms with van der Waals surface area (Å²) in [6, 6.07) is 12.0. The van der Waals surface area contributed by atoms with Crippen LogP contribution in [0.3, 0.4) is 0 Å². The summed E-state index contributed by atoms with van der Waals surface area (Å²) in [5, 5.41) is 5.48. The molecule has 6 heteroatoms. The third kappa shape index (κ3) is 3.25. The van der Waals surface area contributed by atoms with E-state index >= 15 is 0 Å². The monoisotopic (exact) mass is 340 g/mol. The fourth-order valence-corrected chi connectivity index (χ4v) is 3.89. The first-order chi connectivity index (χ1) is 11.7. The predicted molar refractivity (Wildman–Crippen MR) is 95.3 cm³/mol. The highest BCUT2D eigenvalue weighted by Gasteiger charge is 2.28. The molecule has 0 atom stereocenters. The van der Waals surface area contributed by atoms with Crippen LogP contribution in [-0.2, 0) is 13.1 Å². The molecule has 0 saturated heterocycles. The smallest absolute Gasteiger partial charge is 0.275 e.